The number of nitrogens with zero attached hydrogens (tertiary/aromatic N) is 2. The third kappa shape index (κ3) is 2.78. The Morgan fingerprint density at radius 3 is 2.43 bits per heavy atom. The summed E-state index contributed by atoms with van der Waals surface area (Å²) in [5, 5.41) is 8.06. The summed E-state index contributed by atoms with van der Waals surface area (Å²) in [5.41, 5.74) is 2.13. The topological polar surface area (TPSA) is 15.6 Å². The minimum Gasteiger partial charge on any atom is -0.256 e. The summed E-state index contributed by atoms with van der Waals surface area (Å²) < 4.78 is 0. The molecule has 3 rings (SSSR count). The molecule has 0 bridgehead atoms. The Bertz CT molecular complexity index is 652. The monoisotopic (exact) mass is 318 g/mol. The average molecular weight is 319 g/mol. The van der Waals surface area contributed by atoms with Crippen LogP contribution >= 0.6 is 23.2 Å². The summed E-state index contributed by atoms with van der Waals surface area (Å²) in [4.78, 5) is 0. The number of benzene rings is 2. The standard InChI is InChI=1S/C17H16Cl2N2/c1-2-12-11-20-21(16-6-4-3-5-15(16)19)17(12)13-7-9-14(18)10-8-13/h3-12,17H,2H2,1H3/t12-,17+/m1/s1. The number of para-hydroxylation sites is 1. The molecule has 108 valence electrons. The lowest BCUT2D eigenvalue weighted by molar-refractivity contribution is 0.541. The smallest absolute Gasteiger partial charge is 0.0854 e. The van der Waals surface area contributed by atoms with Crippen LogP contribution < -0.4 is 5.01 Å². The van der Waals surface area contributed by atoms with E-state index < -0.39 is 0 Å². The lowest BCUT2D eigenvalue weighted by Crippen LogP contribution is -2.24. The van der Waals surface area contributed by atoms with Crippen molar-refractivity contribution in [3.63, 3.8) is 0 Å². The summed E-state index contributed by atoms with van der Waals surface area (Å²) in [6, 6.07) is 15.9. The van der Waals surface area contributed by atoms with E-state index in [1.807, 2.05) is 47.6 Å². The van der Waals surface area contributed by atoms with E-state index in [1.54, 1.807) is 0 Å². The predicted octanol–water partition coefficient (Wildman–Crippen LogP) is 5.57. The van der Waals surface area contributed by atoms with Gasteiger partial charge in [0.1, 0.15) is 0 Å². The zero-order valence-corrected chi connectivity index (χ0v) is 13.2. The summed E-state index contributed by atoms with van der Waals surface area (Å²) >= 11 is 12.3. The molecule has 2 aromatic carbocycles. The zero-order valence-electron chi connectivity index (χ0n) is 11.7. The minimum atomic E-state index is 0.159. The van der Waals surface area contributed by atoms with Crippen molar-refractivity contribution >= 4 is 35.1 Å². The van der Waals surface area contributed by atoms with E-state index in [9.17, 15) is 0 Å². The van der Waals surface area contributed by atoms with E-state index in [2.05, 4.69) is 24.2 Å². The summed E-state index contributed by atoms with van der Waals surface area (Å²) in [5.74, 6) is 0.363. The van der Waals surface area contributed by atoms with Crippen molar-refractivity contribution in [3.05, 3.63) is 64.1 Å². The van der Waals surface area contributed by atoms with Crippen molar-refractivity contribution in [2.45, 2.75) is 19.4 Å². The normalized spacial score (nSPS) is 21.0. The van der Waals surface area contributed by atoms with Crippen molar-refractivity contribution in [2.24, 2.45) is 11.0 Å². The lowest BCUT2D eigenvalue weighted by atomic mass is 9.92. The third-order valence-corrected chi connectivity index (χ3v) is 4.41. The molecule has 0 radical (unpaired) electrons. The summed E-state index contributed by atoms with van der Waals surface area (Å²) in [6.45, 7) is 2.18. The molecule has 0 saturated carbocycles. The number of halogens is 2. The second-order valence-corrected chi connectivity index (χ2v) is 5.97. The Morgan fingerprint density at radius 1 is 1.05 bits per heavy atom. The number of hydrogen-bond acceptors (Lipinski definition) is 2. The molecule has 0 unspecified atom stereocenters. The molecule has 2 atom stereocenters. The Labute approximate surface area is 135 Å². The molecule has 0 saturated heterocycles. The summed E-state index contributed by atoms with van der Waals surface area (Å²) in [7, 11) is 0. The molecule has 1 heterocycles. The predicted molar refractivity (Wildman–Crippen MR) is 90.4 cm³/mol. The Kier molecular flexibility index (Phi) is 4.18. The molecule has 0 fully saturated rings. The Hall–Kier alpha value is -1.51. The molecule has 1 aliphatic heterocycles. The number of anilines is 1. The molecule has 0 spiro atoms. The van der Waals surface area contributed by atoms with E-state index in [1.165, 1.54) is 5.56 Å². The van der Waals surface area contributed by atoms with Crippen LogP contribution in [0.15, 0.2) is 53.6 Å². The van der Waals surface area contributed by atoms with Crippen molar-refractivity contribution in [3.8, 4) is 0 Å². The first kappa shape index (κ1) is 14.4. The van der Waals surface area contributed by atoms with E-state index in [0.717, 1.165) is 17.1 Å². The molecule has 2 aromatic rings. The molecule has 0 amide bonds. The Morgan fingerprint density at radius 2 is 1.76 bits per heavy atom. The summed E-state index contributed by atoms with van der Waals surface area (Å²) in [6.07, 6.45) is 3.04. The van der Waals surface area contributed by atoms with Gasteiger partial charge >= 0.3 is 0 Å². The van der Waals surface area contributed by atoms with Crippen molar-refractivity contribution in [1.82, 2.24) is 0 Å². The van der Waals surface area contributed by atoms with E-state index in [0.29, 0.717) is 10.9 Å². The van der Waals surface area contributed by atoms with Gasteiger partial charge in [-0.25, -0.2) is 0 Å². The Balaban J connectivity index is 2.01. The molecule has 0 aliphatic carbocycles. The zero-order chi connectivity index (χ0) is 14.8. The lowest BCUT2D eigenvalue weighted by Gasteiger charge is -2.28. The third-order valence-electron chi connectivity index (χ3n) is 3.83. The fourth-order valence-corrected chi connectivity index (χ4v) is 3.07. The fourth-order valence-electron chi connectivity index (χ4n) is 2.72. The van der Waals surface area contributed by atoms with Gasteiger partial charge in [0.15, 0.2) is 0 Å². The maximum absolute atomic E-state index is 6.34. The number of hydrogen-bond donors (Lipinski definition) is 0. The van der Waals surface area contributed by atoms with Gasteiger partial charge in [0.2, 0.25) is 0 Å². The molecule has 4 heteroatoms. The first-order valence-corrected chi connectivity index (χ1v) is 7.79. The maximum atomic E-state index is 6.34. The highest BCUT2D eigenvalue weighted by Gasteiger charge is 2.32. The van der Waals surface area contributed by atoms with E-state index >= 15 is 0 Å². The molecule has 21 heavy (non-hydrogen) atoms. The number of hydrazone groups is 1. The van der Waals surface area contributed by atoms with Crippen LogP contribution in [0.4, 0.5) is 5.69 Å². The van der Waals surface area contributed by atoms with Gasteiger partial charge in [-0.2, -0.15) is 5.10 Å². The van der Waals surface area contributed by atoms with Crippen LogP contribution in [0.1, 0.15) is 24.9 Å². The van der Waals surface area contributed by atoms with Crippen molar-refractivity contribution in [1.29, 1.82) is 0 Å². The average Bonchev–Trinajstić information content (AvgIpc) is 2.92. The van der Waals surface area contributed by atoms with Gasteiger partial charge in [-0.1, -0.05) is 54.4 Å². The van der Waals surface area contributed by atoms with Gasteiger partial charge in [0.05, 0.1) is 16.8 Å². The maximum Gasteiger partial charge on any atom is 0.0854 e. The molecule has 2 nitrogen and oxygen atoms in total. The highest BCUT2D eigenvalue weighted by molar-refractivity contribution is 6.33. The van der Waals surface area contributed by atoms with Crippen LogP contribution in [0, 0.1) is 5.92 Å². The van der Waals surface area contributed by atoms with Crippen molar-refractivity contribution in [2.75, 3.05) is 5.01 Å². The highest BCUT2D eigenvalue weighted by atomic mass is 35.5. The van der Waals surface area contributed by atoms with Crippen LogP contribution in [0.5, 0.6) is 0 Å². The minimum absolute atomic E-state index is 0.159. The molecule has 0 N–H and O–H groups in total. The van der Waals surface area contributed by atoms with Gasteiger partial charge in [-0.15, -0.1) is 0 Å². The first-order chi connectivity index (χ1) is 10.2. The SMILES string of the molecule is CC[C@@H]1C=NN(c2ccccc2Cl)[C@@H]1c1ccc(Cl)cc1. The van der Waals surface area contributed by atoms with Gasteiger partial charge in [-0.05, 0) is 36.2 Å². The quantitative estimate of drug-likeness (QED) is 0.722. The second-order valence-electron chi connectivity index (χ2n) is 5.13. The van der Waals surface area contributed by atoms with Gasteiger partial charge in [0, 0.05) is 17.2 Å². The highest BCUT2D eigenvalue weighted by Crippen LogP contribution is 2.40. The van der Waals surface area contributed by atoms with Crippen LogP contribution in [-0.4, -0.2) is 6.21 Å². The molecule has 1 aliphatic rings. The van der Waals surface area contributed by atoms with Gasteiger partial charge in [-0.3, -0.25) is 5.01 Å². The molecule has 0 aromatic heterocycles. The van der Waals surface area contributed by atoms with Crippen LogP contribution in [0.25, 0.3) is 0 Å². The number of rotatable bonds is 3. The fraction of sp³-hybridized carbons (Fsp3) is 0.235. The van der Waals surface area contributed by atoms with E-state index in [4.69, 9.17) is 23.2 Å². The van der Waals surface area contributed by atoms with Crippen LogP contribution in [-0.2, 0) is 0 Å². The first-order valence-electron chi connectivity index (χ1n) is 7.04. The second kappa shape index (κ2) is 6.08. The van der Waals surface area contributed by atoms with Crippen LogP contribution in [0.3, 0.4) is 0 Å². The van der Waals surface area contributed by atoms with Gasteiger partial charge in [0.25, 0.3) is 0 Å². The van der Waals surface area contributed by atoms with E-state index in [-0.39, 0.29) is 6.04 Å². The molecular formula is C17H16Cl2N2. The van der Waals surface area contributed by atoms with Crippen molar-refractivity contribution < 1.29 is 0 Å². The largest absolute Gasteiger partial charge is 0.256 e. The van der Waals surface area contributed by atoms with Crippen LogP contribution in [0.2, 0.25) is 10.0 Å². The molecular weight excluding hydrogens is 303 g/mol. The van der Waals surface area contributed by atoms with Gasteiger partial charge < -0.3 is 0 Å².